The minimum absolute atomic E-state index is 0.264. The molecule has 2 amide bonds. The molecule has 0 aliphatic carbocycles. The zero-order valence-corrected chi connectivity index (χ0v) is 14.9. The summed E-state index contributed by atoms with van der Waals surface area (Å²) in [6.07, 6.45) is 0.605. The highest BCUT2D eigenvalue weighted by Crippen LogP contribution is 2.33. The van der Waals surface area contributed by atoms with Gasteiger partial charge in [-0.3, -0.25) is 0 Å². The number of amides is 2. The van der Waals surface area contributed by atoms with E-state index in [1.165, 1.54) is 4.90 Å². The van der Waals surface area contributed by atoms with E-state index in [0.717, 1.165) is 5.69 Å². The number of halogens is 2. The molecule has 0 fully saturated rings. The van der Waals surface area contributed by atoms with Crippen LogP contribution in [-0.2, 0) is 6.42 Å². The first-order valence-electron chi connectivity index (χ1n) is 7.57. The summed E-state index contributed by atoms with van der Waals surface area (Å²) in [4.78, 5) is 17.9. The van der Waals surface area contributed by atoms with Gasteiger partial charge in [0, 0.05) is 11.4 Å². The van der Waals surface area contributed by atoms with Gasteiger partial charge in [-0.05, 0) is 30.3 Å². The van der Waals surface area contributed by atoms with Crippen LogP contribution in [0.1, 0.15) is 12.7 Å². The number of carbonyl (C=O) groups is 1. The molecule has 0 aliphatic heterocycles. The molecule has 0 saturated heterocycles. The number of anilines is 2. The second-order valence-electron chi connectivity index (χ2n) is 5.20. The van der Waals surface area contributed by atoms with Crippen LogP contribution >= 0.6 is 23.2 Å². The van der Waals surface area contributed by atoms with Crippen LogP contribution in [0.3, 0.4) is 0 Å². The van der Waals surface area contributed by atoms with E-state index in [9.17, 15) is 4.79 Å². The molecule has 3 rings (SSSR count). The largest absolute Gasteiger partial charge is 0.351 e. The summed E-state index contributed by atoms with van der Waals surface area (Å²) in [5.41, 5.74) is 6.75. The maximum absolute atomic E-state index is 12.2. The lowest BCUT2D eigenvalue weighted by Gasteiger charge is -2.21. The first-order valence-corrected chi connectivity index (χ1v) is 8.32. The van der Waals surface area contributed by atoms with Crippen molar-refractivity contribution in [1.82, 2.24) is 14.8 Å². The van der Waals surface area contributed by atoms with Crippen molar-refractivity contribution >= 4 is 40.9 Å². The van der Waals surface area contributed by atoms with E-state index in [0.29, 0.717) is 23.0 Å². The Morgan fingerprint density at radius 3 is 2.52 bits per heavy atom. The average molecular weight is 376 g/mol. The van der Waals surface area contributed by atoms with E-state index in [2.05, 4.69) is 10.1 Å². The van der Waals surface area contributed by atoms with Crippen molar-refractivity contribution in [2.24, 2.45) is 5.73 Å². The Bertz CT molecular complexity index is 911. The van der Waals surface area contributed by atoms with Crippen LogP contribution in [0, 0.1) is 0 Å². The molecule has 0 spiro atoms. The SMILES string of the molecule is CCc1nc(N(C(N)=O)c2ccc(Cl)cc2Cl)n(-c2ccccc2)n1. The molecule has 8 heteroatoms. The van der Waals surface area contributed by atoms with Gasteiger partial charge in [0.1, 0.15) is 0 Å². The average Bonchev–Trinajstić information content (AvgIpc) is 3.01. The first kappa shape index (κ1) is 17.3. The monoisotopic (exact) mass is 375 g/mol. The molecule has 2 aromatic carbocycles. The zero-order chi connectivity index (χ0) is 18.0. The number of aryl methyl sites for hydroxylation is 1. The predicted molar refractivity (Wildman–Crippen MR) is 98.9 cm³/mol. The molecule has 6 nitrogen and oxygen atoms in total. The lowest BCUT2D eigenvalue weighted by molar-refractivity contribution is 0.255. The Hall–Kier alpha value is -2.57. The van der Waals surface area contributed by atoms with Crippen LogP contribution < -0.4 is 10.6 Å². The van der Waals surface area contributed by atoms with Gasteiger partial charge in [0.2, 0.25) is 5.95 Å². The number of carbonyl (C=O) groups excluding carboxylic acids is 1. The van der Waals surface area contributed by atoms with Crippen LogP contribution in [0.5, 0.6) is 0 Å². The van der Waals surface area contributed by atoms with E-state index in [1.807, 2.05) is 37.3 Å². The summed E-state index contributed by atoms with van der Waals surface area (Å²) in [7, 11) is 0. The van der Waals surface area contributed by atoms with Gasteiger partial charge >= 0.3 is 6.03 Å². The van der Waals surface area contributed by atoms with Gasteiger partial charge in [0.15, 0.2) is 5.82 Å². The van der Waals surface area contributed by atoms with Gasteiger partial charge in [-0.1, -0.05) is 48.3 Å². The Balaban J connectivity index is 2.20. The van der Waals surface area contributed by atoms with Crippen molar-refractivity contribution in [3.8, 4) is 5.69 Å². The Kier molecular flexibility index (Phi) is 4.92. The second kappa shape index (κ2) is 7.13. The van der Waals surface area contributed by atoms with Crippen molar-refractivity contribution in [2.45, 2.75) is 13.3 Å². The summed E-state index contributed by atoms with van der Waals surface area (Å²) >= 11 is 12.2. The summed E-state index contributed by atoms with van der Waals surface area (Å²) < 4.78 is 1.56. The molecule has 0 radical (unpaired) electrons. The normalized spacial score (nSPS) is 10.7. The molecule has 0 unspecified atom stereocenters. The number of para-hydroxylation sites is 1. The smallest absolute Gasteiger partial charge is 0.326 e. The second-order valence-corrected chi connectivity index (χ2v) is 6.04. The third-order valence-corrected chi connectivity index (χ3v) is 4.06. The number of nitrogens with two attached hydrogens (primary N) is 1. The number of aromatic nitrogens is 3. The van der Waals surface area contributed by atoms with Gasteiger partial charge in [0.25, 0.3) is 0 Å². The van der Waals surface area contributed by atoms with Crippen molar-refractivity contribution in [3.05, 3.63) is 64.4 Å². The summed E-state index contributed by atoms with van der Waals surface area (Å²) in [6.45, 7) is 1.93. The van der Waals surface area contributed by atoms with Gasteiger partial charge in [0.05, 0.1) is 16.4 Å². The topological polar surface area (TPSA) is 77.0 Å². The molecule has 25 heavy (non-hydrogen) atoms. The number of hydrogen-bond acceptors (Lipinski definition) is 3. The van der Waals surface area contributed by atoms with Crippen molar-refractivity contribution in [3.63, 3.8) is 0 Å². The number of urea groups is 1. The number of rotatable bonds is 4. The van der Waals surface area contributed by atoms with Gasteiger partial charge in [-0.25, -0.2) is 9.69 Å². The van der Waals surface area contributed by atoms with Crippen LogP contribution in [-0.4, -0.2) is 20.8 Å². The standard InChI is InChI=1S/C17H15Cl2N5O/c1-2-15-21-17(24(22-15)12-6-4-3-5-7-12)23(16(20)25)14-9-8-11(18)10-13(14)19/h3-10H,2H2,1H3,(H2,20,25). The third-order valence-electron chi connectivity index (χ3n) is 3.52. The molecule has 0 bridgehead atoms. The molecular formula is C17H15Cl2N5O. The third kappa shape index (κ3) is 3.45. The van der Waals surface area contributed by atoms with Gasteiger partial charge in [-0.2, -0.15) is 9.67 Å². The van der Waals surface area contributed by atoms with Gasteiger partial charge < -0.3 is 5.73 Å². The lowest BCUT2D eigenvalue weighted by atomic mass is 10.3. The quantitative estimate of drug-likeness (QED) is 0.735. The molecule has 2 N–H and O–H groups in total. The van der Waals surface area contributed by atoms with Crippen LogP contribution in [0.2, 0.25) is 10.0 Å². The van der Waals surface area contributed by atoms with Gasteiger partial charge in [-0.15, -0.1) is 5.10 Å². The minimum atomic E-state index is -0.726. The van der Waals surface area contributed by atoms with Crippen LogP contribution in [0.15, 0.2) is 48.5 Å². The Morgan fingerprint density at radius 1 is 1.20 bits per heavy atom. The van der Waals surface area contributed by atoms with E-state index in [1.54, 1.807) is 22.9 Å². The van der Waals surface area contributed by atoms with E-state index in [-0.39, 0.29) is 11.0 Å². The van der Waals surface area contributed by atoms with Crippen molar-refractivity contribution in [2.75, 3.05) is 4.90 Å². The number of primary amides is 1. The fraction of sp³-hybridized carbons (Fsp3) is 0.118. The van der Waals surface area contributed by atoms with Crippen molar-refractivity contribution < 1.29 is 4.79 Å². The number of benzene rings is 2. The maximum atomic E-state index is 12.2. The molecule has 1 heterocycles. The molecule has 0 saturated carbocycles. The van der Waals surface area contributed by atoms with Crippen LogP contribution in [0.4, 0.5) is 16.4 Å². The summed E-state index contributed by atoms with van der Waals surface area (Å²) in [5, 5.41) is 5.20. The summed E-state index contributed by atoms with van der Waals surface area (Å²) in [6, 6.07) is 13.4. The molecule has 1 aromatic heterocycles. The van der Waals surface area contributed by atoms with E-state index < -0.39 is 6.03 Å². The minimum Gasteiger partial charge on any atom is -0.351 e. The Morgan fingerprint density at radius 2 is 1.92 bits per heavy atom. The molecule has 3 aromatic rings. The highest BCUT2D eigenvalue weighted by molar-refractivity contribution is 6.37. The lowest BCUT2D eigenvalue weighted by Crippen LogP contribution is -2.33. The number of nitrogens with zero attached hydrogens (tertiary/aromatic N) is 4. The highest BCUT2D eigenvalue weighted by atomic mass is 35.5. The van der Waals surface area contributed by atoms with Crippen molar-refractivity contribution in [1.29, 1.82) is 0 Å². The zero-order valence-electron chi connectivity index (χ0n) is 13.4. The first-order chi connectivity index (χ1) is 12.0. The molecular weight excluding hydrogens is 361 g/mol. The number of hydrogen-bond donors (Lipinski definition) is 1. The Labute approximate surface area is 154 Å². The maximum Gasteiger partial charge on any atom is 0.326 e. The van der Waals surface area contributed by atoms with E-state index >= 15 is 0 Å². The van der Waals surface area contributed by atoms with E-state index in [4.69, 9.17) is 28.9 Å². The molecule has 0 aliphatic rings. The summed E-state index contributed by atoms with van der Waals surface area (Å²) in [5.74, 6) is 0.843. The van der Waals surface area contributed by atoms with Crippen LogP contribution in [0.25, 0.3) is 5.69 Å². The fourth-order valence-corrected chi connectivity index (χ4v) is 2.86. The molecule has 0 atom stereocenters. The highest BCUT2D eigenvalue weighted by Gasteiger charge is 2.25. The fourth-order valence-electron chi connectivity index (χ4n) is 2.37. The molecule has 128 valence electrons. The predicted octanol–water partition coefficient (Wildman–Crippen LogP) is 4.35.